The van der Waals surface area contributed by atoms with Crippen molar-refractivity contribution in [2.24, 2.45) is 0 Å². The number of ether oxygens (including phenoxy) is 3. The van der Waals surface area contributed by atoms with E-state index >= 15 is 0 Å². The number of anilines is 1. The van der Waals surface area contributed by atoms with Crippen LogP contribution in [0.5, 0.6) is 17.2 Å². The molecule has 0 heterocycles. The maximum absolute atomic E-state index is 13.1. The van der Waals surface area contributed by atoms with Crippen molar-refractivity contribution in [2.45, 2.75) is 18.4 Å². The van der Waals surface area contributed by atoms with Gasteiger partial charge in [-0.1, -0.05) is 6.07 Å². The molecule has 0 aliphatic rings. The molecule has 0 aliphatic carbocycles. The number of benzene rings is 2. The van der Waals surface area contributed by atoms with Crippen LogP contribution < -0.4 is 19.5 Å². The van der Waals surface area contributed by atoms with Gasteiger partial charge in [-0.3, -0.25) is 4.79 Å². The first-order valence-electron chi connectivity index (χ1n) is 8.36. The zero-order valence-electron chi connectivity index (χ0n) is 16.5. The molecule has 1 amide bonds. The lowest BCUT2D eigenvalue weighted by Gasteiger charge is -2.21. The zero-order valence-corrected chi connectivity index (χ0v) is 17.3. The van der Waals surface area contributed by atoms with E-state index in [1.807, 2.05) is 0 Å². The third-order valence-electron chi connectivity index (χ3n) is 4.10. The quantitative estimate of drug-likeness (QED) is 0.721. The lowest BCUT2D eigenvalue weighted by atomic mass is 10.1. The Morgan fingerprint density at radius 1 is 1.00 bits per heavy atom. The van der Waals surface area contributed by atoms with Gasteiger partial charge in [-0.2, -0.15) is 4.31 Å². The van der Waals surface area contributed by atoms with E-state index in [4.69, 9.17) is 14.2 Å². The summed E-state index contributed by atoms with van der Waals surface area (Å²) in [6.45, 7) is 1.37. The van der Waals surface area contributed by atoms with Crippen molar-refractivity contribution in [3.8, 4) is 17.2 Å². The standard InChI is InChI=1S/C19H24N2O6S/c1-13(22)20-16-11-14(9-10-19(16)27-5)28(23,24)21(2)12-15-17(25-3)7-6-8-18(15)26-4/h6-11H,12H2,1-5H3,(H,20,22). The van der Waals surface area contributed by atoms with E-state index in [9.17, 15) is 13.2 Å². The van der Waals surface area contributed by atoms with Gasteiger partial charge >= 0.3 is 0 Å². The number of hydrogen-bond donors (Lipinski definition) is 1. The Hall–Kier alpha value is -2.78. The summed E-state index contributed by atoms with van der Waals surface area (Å²) in [6.07, 6.45) is 0. The number of carbonyl (C=O) groups is 1. The van der Waals surface area contributed by atoms with E-state index in [-0.39, 0.29) is 23.0 Å². The van der Waals surface area contributed by atoms with Crippen molar-refractivity contribution in [3.63, 3.8) is 0 Å². The normalized spacial score (nSPS) is 11.2. The van der Waals surface area contributed by atoms with E-state index in [2.05, 4.69) is 5.32 Å². The number of hydrogen-bond acceptors (Lipinski definition) is 6. The third-order valence-corrected chi connectivity index (χ3v) is 5.90. The first-order chi connectivity index (χ1) is 13.2. The summed E-state index contributed by atoms with van der Waals surface area (Å²) < 4.78 is 43.2. The fourth-order valence-electron chi connectivity index (χ4n) is 2.71. The van der Waals surface area contributed by atoms with Gasteiger partial charge in [0.15, 0.2) is 0 Å². The molecule has 152 valence electrons. The summed E-state index contributed by atoms with van der Waals surface area (Å²) in [7, 11) is 2.07. The third kappa shape index (κ3) is 4.55. The van der Waals surface area contributed by atoms with Crippen LogP contribution in [0.1, 0.15) is 12.5 Å². The summed E-state index contributed by atoms with van der Waals surface area (Å²) in [5, 5.41) is 2.58. The molecule has 8 nitrogen and oxygen atoms in total. The molecule has 0 saturated heterocycles. The molecule has 0 saturated carbocycles. The monoisotopic (exact) mass is 408 g/mol. The highest BCUT2D eigenvalue weighted by atomic mass is 32.2. The van der Waals surface area contributed by atoms with Crippen molar-refractivity contribution in [1.29, 1.82) is 0 Å². The topological polar surface area (TPSA) is 94.2 Å². The van der Waals surface area contributed by atoms with Crippen molar-refractivity contribution in [1.82, 2.24) is 4.31 Å². The second-order valence-electron chi connectivity index (χ2n) is 5.95. The van der Waals surface area contributed by atoms with Crippen molar-refractivity contribution >= 4 is 21.6 Å². The number of nitrogens with zero attached hydrogens (tertiary/aromatic N) is 1. The second kappa shape index (κ2) is 8.94. The van der Waals surface area contributed by atoms with Gasteiger partial charge in [0.05, 0.1) is 37.5 Å². The van der Waals surface area contributed by atoms with Gasteiger partial charge in [-0.05, 0) is 30.3 Å². The molecular weight excluding hydrogens is 384 g/mol. The fraction of sp³-hybridized carbons (Fsp3) is 0.316. The SMILES string of the molecule is COc1ccc(S(=O)(=O)N(C)Cc2c(OC)cccc2OC)cc1NC(C)=O. The molecule has 0 spiro atoms. The van der Waals surface area contributed by atoms with Crippen LogP contribution in [0.25, 0.3) is 0 Å². The molecule has 0 atom stereocenters. The van der Waals surface area contributed by atoms with Crippen LogP contribution in [0.2, 0.25) is 0 Å². The number of sulfonamides is 1. The smallest absolute Gasteiger partial charge is 0.243 e. The molecule has 28 heavy (non-hydrogen) atoms. The Morgan fingerprint density at radius 3 is 2.07 bits per heavy atom. The Labute approximate surface area is 165 Å². The molecule has 2 rings (SSSR count). The minimum atomic E-state index is -3.86. The predicted molar refractivity (Wildman–Crippen MR) is 105 cm³/mol. The Balaban J connectivity index is 2.41. The Kier molecular flexibility index (Phi) is 6.87. The van der Waals surface area contributed by atoms with E-state index in [0.717, 1.165) is 0 Å². The molecule has 9 heteroatoms. The first kappa shape index (κ1) is 21.5. The van der Waals surface area contributed by atoms with Crippen LogP contribution >= 0.6 is 0 Å². The zero-order chi connectivity index (χ0) is 20.9. The van der Waals surface area contributed by atoms with E-state index in [0.29, 0.717) is 22.8 Å². The highest BCUT2D eigenvalue weighted by Gasteiger charge is 2.25. The molecule has 0 unspecified atom stereocenters. The van der Waals surface area contributed by atoms with Gasteiger partial charge < -0.3 is 19.5 Å². The van der Waals surface area contributed by atoms with Gasteiger partial charge in [0.25, 0.3) is 0 Å². The van der Waals surface area contributed by atoms with Crippen LogP contribution in [0.4, 0.5) is 5.69 Å². The van der Waals surface area contributed by atoms with E-state index in [1.54, 1.807) is 18.2 Å². The Bertz CT molecular complexity index is 937. The summed E-state index contributed by atoms with van der Waals surface area (Å²) in [5.41, 5.74) is 0.883. The van der Waals surface area contributed by atoms with Gasteiger partial charge in [0.1, 0.15) is 17.2 Å². The number of amides is 1. The predicted octanol–water partition coefficient (Wildman–Crippen LogP) is 2.49. The van der Waals surface area contributed by atoms with Crippen LogP contribution in [-0.4, -0.2) is 47.0 Å². The number of carbonyl (C=O) groups excluding carboxylic acids is 1. The average molecular weight is 408 g/mol. The van der Waals surface area contributed by atoms with Crippen molar-refractivity contribution in [3.05, 3.63) is 42.0 Å². The largest absolute Gasteiger partial charge is 0.496 e. The summed E-state index contributed by atoms with van der Waals surface area (Å²) in [4.78, 5) is 11.4. The van der Waals surface area contributed by atoms with Crippen LogP contribution in [0.15, 0.2) is 41.3 Å². The van der Waals surface area contributed by atoms with Gasteiger partial charge in [-0.25, -0.2) is 8.42 Å². The van der Waals surface area contributed by atoms with Crippen LogP contribution in [0, 0.1) is 0 Å². The summed E-state index contributed by atoms with van der Waals surface area (Å²) in [6, 6.07) is 9.52. The molecule has 0 fully saturated rings. The van der Waals surface area contributed by atoms with E-state index in [1.165, 1.54) is 57.8 Å². The van der Waals surface area contributed by atoms with Gasteiger partial charge in [-0.15, -0.1) is 0 Å². The Morgan fingerprint density at radius 2 is 1.57 bits per heavy atom. The lowest BCUT2D eigenvalue weighted by Crippen LogP contribution is -2.27. The minimum absolute atomic E-state index is 0.0217. The van der Waals surface area contributed by atoms with Crippen molar-refractivity contribution < 1.29 is 27.4 Å². The second-order valence-corrected chi connectivity index (χ2v) is 7.99. The molecule has 2 aromatic rings. The number of nitrogens with one attached hydrogen (secondary N) is 1. The molecule has 2 aromatic carbocycles. The highest BCUT2D eigenvalue weighted by Crippen LogP contribution is 2.32. The van der Waals surface area contributed by atoms with Crippen molar-refractivity contribution in [2.75, 3.05) is 33.7 Å². The average Bonchev–Trinajstić information content (AvgIpc) is 2.67. The fourth-order valence-corrected chi connectivity index (χ4v) is 3.87. The summed E-state index contributed by atoms with van der Waals surface area (Å²) in [5.74, 6) is 1.08. The molecule has 0 aromatic heterocycles. The number of rotatable bonds is 8. The van der Waals surface area contributed by atoms with Crippen LogP contribution in [-0.2, 0) is 21.4 Å². The highest BCUT2D eigenvalue weighted by molar-refractivity contribution is 7.89. The number of methoxy groups -OCH3 is 3. The molecular formula is C19H24N2O6S. The van der Waals surface area contributed by atoms with Gasteiger partial charge in [0.2, 0.25) is 15.9 Å². The van der Waals surface area contributed by atoms with E-state index < -0.39 is 10.0 Å². The maximum Gasteiger partial charge on any atom is 0.243 e. The molecule has 0 radical (unpaired) electrons. The molecule has 1 N–H and O–H groups in total. The molecule has 0 aliphatic heterocycles. The lowest BCUT2D eigenvalue weighted by molar-refractivity contribution is -0.114. The van der Waals surface area contributed by atoms with Crippen LogP contribution in [0.3, 0.4) is 0 Å². The molecule has 0 bridgehead atoms. The minimum Gasteiger partial charge on any atom is -0.496 e. The first-order valence-corrected chi connectivity index (χ1v) is 9.80. The maximum atomic E-state index is 13.1. The summed E-state index contributed by atoms with van der Waals surface area (Å²) >= 11 is 0. The van der Waals surface area contributed by atoms with Gasteiger partial charge in [0, 0.05) is 20.5 Å².